The topological polar surface area (TPSA) is 180 Å². The number of nitrogens with one attached hydrogen (secondary N) is 4. The molecule has 0 radical (unpaired) electrons. The smallest absolute Gasteiger partial charge is 0.289 e. The first-order valence-electron chi connectivity index (χ1n) is 12.1. The zero-order valence-corrected chi connectivity index (χ0v) is 23.0. The zero-order valence-electron chi connectivity index (χ0n) is 21.3. The van der Waals surface area contributed by atoms with Gasteiger partial charge in [0.1, 0.15) is 11.7 Å². The Morgan fingerprint density at radius 1 is 1.08 bits per heavy atom. The van der Waals surface area contributed by atoms with Crippen LogP contribution in [0.15, 0.2) is 18.6 Å². The van der Waals surface area contributed by atoms with Crippen molar-refractivity contribution in [2.24, 2.45) is 0 Å². The molecule has 38 heavy (non-hydrogen) atoms. The van der Waals surface area contributed by atoms with Crippen molar-refractivity contribution < 1.29 is 28.8 Å². The van der Waals surface area contributed by atoms with Gasteiger partial charge in [0.2, 0.25) is 23.5 Å². The van der Waals surface area contributed by atoms with Crippen molar-refractivity contribution in [2.75, 3.05) is 37.7 Å². The zero-order chi connectivity index (χ0) is 28.1. The van der Waals surface area contributed by atoms with Gasteiger partial charge in [-0.05, 0) is 25.5 Å². The summed E-state index contributed by atoms with van der Waals surface area (Å²) >= 11 is 5.75. The number of carbonyl (C=O) groups excluding carboxylic acids is 6. The lowest BCUT2D eigenvalue weighted by Crippen LogP contribution is -2.53. The van der Waals surface area contributed by atoms with Gasteiger partial charge in [0.05, 0.1) is 25.8 Å². The van der Waals surface area contributed by atoms with Crippen molar-refractivity contribution in [3.63, 3.8) is 0 Å². The molecule has 1 aliphatic carbocycles. The summed E-state index contributed by atoms with van der Waals surface area (Å²) in [5, 5.41) is 9.79. The lowest BCUT2D eigenvalue weighted by Gasteiger charge is -2.28. The van der Waals surface area contributed by atoms with Crippen LogP contribution in [0.25, 0.3) is 0 Å². The molecule has 1 aromatic rings. The van der Waals surface area contributed by atoms with Crippen LogP contribution in [0.5, 0.6) is 0 Å². The van der Waals surface area contributed by atoms with Crippen LogP contribution in [0, 0.1) is 0 Å². The molecule has 1 aromatic heterocycles. The SMILES string of the molecule is CC(CN(CC(=O)NCC(=O)C(=O)NC1CC1)C(=O)C(C)NC(=O)CNC(=O)c1cnccn1)SCCS. The molecule has 2 atom stereocenters. The molecule has 208 valence electrons. The molecule has 0 saturated heterocycles. The monoisotopic (exact) mass is 567 g/mol. The Morgan fingerprint density at radius 3 is 2.45 bits per heavy atom. The van der Waals surface area contributed by atoms with E-state index in [0.29, 0.717) is 5.75 Å². The largest absolute Gasteiger partial charge is 0.347 e. The van der Waals surface area contributed by atoms with Gasteiger partial charge in [-0.1, -0.05) is 6.92 Å². The standard InChI is InChI=1S/C23H33N7O6S2/c1-14(38-8-7-37)12-30(13-20(33)26-10-18(31)22(35)29-16-3-4-16)23(36)15(2)28-19(32)11-27-21(34)17-9-24-5-6-25-17/h5-6,9,14-16,37H,3-4,7-8,10-13H2,1-2H3,(H,26,33)(H,27,34)(H,28,32)(H,29,35). The summed E-state index contributed by atoms with van der Waals surface area (Å²) in [4.78, 5) is 82.7. The van der Waals surface area contributed by atoms with Gasteiger partial charge >= 0.3 is 0 Å². The molecule has 1 heterocycles. The maximum atomic E-state index is 13.1. The lowest BCUT2D eigenvalue weighted by molar-refractivity contribution is -0.140. The molecule has 2 unspecified atom stereocenters. The third-order valence-electron chi connectivity index (χ3n) is 5.18. The Morgan fingerprint density at radius 2 is 1.82 bits per heavy atom. The van der Waals surface area contributed by atoms with Crippen LogP contribution in [0.4, 0.5) is 0 Å². The number of aromatic nitrogens is 2. The fourth-order valence-corrected chi connectivity index (χ4v) is 4.24. The average Bonchev–Trinajstić information content (AvgIpc) is 3.72. The molecular weight excluding hydrogens is 534 g/mol. The maximum absolute atomic E-state index is 13.1. The van der Waals surface area contributed by atoms with Gasteiger partial charge in [0, 0.05) is 36.0 Å². The number of ketones is 1. The van der Waals surface area contributed by atoms with Crippen molar-refractivity contribution in [3.8, 4) is 0 Å². The number of amides is 5. The fraction of sp³-hybridized carbons (Fsp3) is 0.565. The van der Waals surface area contributed by atoms with E-state index < -0.39 is 54.5 Å². The third-order valence-corrected chi connectivity index (χ3v) is 6.87. The van der Waals surface area contributed by atoms with E-state index in [4.69, 9.17) is 0 Å². The van der Waals surface area contributed by atoms with Crippen molar-refractivity contribution in [1.82, 2.24) is 36.1 Å². The van der Waals surface area contributed by atoms with Gasteiger partial charge in [-0.25, -0.2) is 4.98 Å². The molecule has 0 aliphatic heterocycles. The van der Waals surface area contributed by atoms with Crippen molar-refractivity contribution in [1.29, 1.82) is 0 Å². The first kappa shape index (κ1) is 31.0. The van der Waals surface area contributed by atoms with Crippen LogP contribution in [0.1, 0.15) is 37.2 Å². The maximum Gasteiger partial charge on any atom is 0.289 e. The number of thiol groups is 1. The normalized spacial score (nSPS) is 14.0. The van der Waals surface area contributed by atoms with E-state index in [2.05, 4.69) is 43.9 Å². The molecule has 15 heteroatoms. The van der Waals surface area contributed by atoms with Gasteiger partial charge in [0.25, 0.3) is 11.8 Å². The first-order chi connectivity index (χ1) is 18.1. The number of nitrogens with zero attached hydrogens (tertiary/aromatic N) is 3. The van der Waals surface area contributed by atoms with Gasteiger partial charge in [-0.3, -0.25) is 33.8 Å². The van der Waals surface area contributed by atoms with Gasteiger partial charge < -0.3 is 26.2 Å². The van der Waals surface area contributed by atoms with E-state index in [0.717, 1.165) is 18.6 Å². The lowest BCUT2D eigenvalue weighted by atomic mass is 10.2. The first-order valence-corrected chi connectivity index (χ1v) is 13.7. The summed E-state index contributed by atoms with van der Waals surface area (Å²) in [6.07, 6.45) is 5.66. The number of hydrogen-bond donors (Lipinski definition) is 5. The van der Waals surface area contributed by atoms with Crippen LogP contribution in [-0.2, 0) is 24.0 Å². The molecule has 5 amide bonds. The van der Waals surface area contributed by atoms with E-state index in [1.807, 2.05) is 6.92 Å². The second kappa shape index (κ2) is 15.9. The van der Waals surface area contributed by atoms with Gasteiger partial charge in [-0.2, -0.15) is 24.4 Å². The van der Waals surface area contributed by atoms with Crippen LogP contribution >= 0.6 is 24.4 Å². The molecule has 1 aliphatic rings. The number of Topliss-reactive ketones (excluding diaryl/α,β-unsaturated/α-hetero) is 1. The Labute approximate surface area is 230 Å². The summed E-state index contributed by atoms with van der Waals surface area (Å²) in [5.74, 6) is -2.50. The molecule has 2 rings (SSSR count). The molecule has 0 bridgehead atoms. The fourth-order valence-electron chi connectivity index (χ4n) is 3.13. The van der Waals surface area contributed by atoms with Crippen molar-refractivity contribution >= 4 is 59.7 Å². The summed E-state index contributed by atoms with van der Waals surface area (Å²) in [6.45, 7) is 2.31. The minimum Gasteiger partial charge on any atom is -0.347 e. The number of thioether (sulfide) groups is 1. The second-order valence-corrected chi connectivity index (χ2v) is 10.6. The average molecular weight is 568 g/mol. The molecule has 0 spiro atoms. The summed E-state index contributed by atoms with van der Waals surface area (Å²) in [6, 6.07) is -0.986. The predicted octanol–water partition coefficient (Wildman–Crippen LogP) is -1.44. The predicted molar refractivity (Wildman–Crippen MR) is 144 cm³/mol. The van der Waals surface area contributed by atoms with Gasteiger partial charge in [0.15, 0.2) is 0 Å². The number of rotatable bonds is 16. The van der Waals surface area contributed by atoms with Gasteiger partial charge in [-0.15, -0.1) is 0 Å². The summed E-state index contributed by atoms with van der Waals surface area (Å²) in [7, 11) is 0. The van der Waals surface area contributed by atoms with E-state index in [1.54, 1.807) is 11.8 Å². The highest BCUT2D eigenvalue weighted by atomic mass is 32.2. The van der Waals surface area contributed by atoms with E-state index in [9.17, 15) is 28.8 Å². The minimum atomic E-state index is -1.00. The Hall–Kier alpha value is -3.20. The molecule has 1 fully saturated rings. The molecular formula is C23H33N7O6S2. The minimum absolute atomic E-state index is 0.0172. The number of hydrogen-bond acceptors (Lipinski definition) is 10. The second-order valence-electron chi connectivity index (χ2n) is 8.63. The van der Waals surface area contributed by atoms with Crippen molar-refractivity contribution in [2.45, 2.75) is 44.0 Å². The summed E-state index contributed by atoms with van der Waals surface area (Å²) in [5.41, 5.74) is 0.0396. The highest BCUT2D eigenvalue weighted by Gasteiger charge is 2.28. The third kappa shape index (κ3) is 11.5. The molecule has 4 N–H and O–H groups in total. The van der Waals surface area contributed by atoms with Crippen molar-refractivity contribution in [3.05, 3.63) is 24.3 Å². The van der Waals surface area contributed by atoms with E-state index >= 15 is 0 Å². The van der Waals surface area contributed by atoms with E-state index in [-0.39, 0.29) is 30.1 Å². The molecule has 13 nitrogen and oxygen atoms in total. The summed E-state index contributed by atoms with van der Waals surface area (Å²) < 4.78 is 0. The number of carbonyl (C=O) groups is 6. The Balaban J connectivity index is 1.90. The molecule has 1 saturated carbocycles. The Bertz CT molecular complexity index is 1010. The quantitative estimate of drug-likeness (QED) is 0.118. The highest BCUT2D eigenvalue weighted by molar-refractivity contribution is 8.00. The van der Waals surface area contributed by atoms with E-state index in [1.165, 1.54) is 30.4 Å². The highest BCUT2D eigenvalue weighted by Crippen LogP contribution is 2.18. The molecule has 0 aromatic carbocycles. The van der Waals surface area contributed by atoms with Crippen LogP contribution in [0.3, 0.4) is 0 Å². The van der Waals surface area contributed by atoms with Crippen LogP contribution in [-0.4, -0.2) is 105 Å². The van der Waals surface area contributed by atoms with Crippen LogP contribution in [0.2, 0.25) is 0 Å². The van der Waals surface area contributed by atoms with Crippen LogP contribution < -0.4 is 21.3 Å². The Kier molecular flexibility index (Phi) is 13.0.